The van der Waals surface area contributed by atoms with Crippen LogP contribution in [0.2, 0.25) is 0 Å². The van der Waals surface area contributed by atoms with Crippen LogP contribution < -0.4 is 10.6 Å². The van der Waals surface area contributed by atoms with Gasteiger partial charge in [0.05, 0.1) is 0 Å². The summed E-state index contributed by atoms with van der Waals surface area (Å²) in [6.07, 6.45) is 7.84. The Morgan fingerprint density at radius 1 is 1.38 bits per heavy atom. The van der Waals surface area contributed by atoms with Gasteiger partial charge in [0.1, 0.15) is 0 Å². The van der Waals surface area contributed by atoms with E-state index in [0.29, 0.717) is 12.5 Å². The standard InChI is InChI=1S/C13H26N2O/c1-3-11-6-4-7-12(10-11)15-13(16)8-5-9-14-2/h11-12,14H,3-10H2,1-2H3,(H,15,16). The fourth-order valence-corrected chi connectivity index (χ4v) is 2.52. The molecule has 3 heteroatoms. The molecule has 3 nitrogen and oxygen atoms in total. The maximum Gasteiger partial charge on any atom is 0.220 e. The van der Waals surface area contributed by atoms with Crippen LogP contribution in [0, 0.1) is 5.92 Å². The Kier molecular flexibility index (Phi) is 6.46. The van der Waals surface area contributed by atoms with E-state index in [4.69, 9.17) is 0 Å². The number of amides is 1. The molecule has 0 aromatic carbocycles. The second kappa shape index (κ2) is 7.66. The summed E-state index contributed by atoms with van der Waals surface area (Å²) in [5.74, 6) is 1.06. The van der Waals surface area contributed by atoms with E-state index in [0.717, 1.165) is 18.9 Å². The molecule has 2 N–H and O–H groups in total. The zero-order valence-electron chi connectivity index (χ0n) is 10.7. The van der Waals surface area contributed by atoms with Crippen LogP contribution >= 0.6 is 0 Å². The second-order valence-corrected chi connectivity index (χ2v) is 4.91. The normalized spacial score (nSPS) is 25.4. The van der Waals surface area contributed by atoms with Gasteiger partial charge in [-0.15, -0.1) is 0 Å². The quantitative estimate of drug-likeness (QED) is 0.681. The molecule has 1 fully saturated rings. The average Bonchev–Trinajstić information content (AvgIpc) is 2.29. The van der Waals surface area contributed by atoms with Crippen molar-refractivity contribution >= 4 is 5.91 Å². The Labute approximate surface area is 99.4 Å². The van der Waals surface area contributed by atoms with E-state index in [1.165, 1.54) is 32.1 Å². The lowest BCUT2D eigenvalue weighted by Gasteiger charge is -2.29. The van der Waals surface area contributed by atoms with Crippen LogP contribution in [0.5, 0.6) is 0 Å². The first-order valence-corrected chi connectivity index (χ1v) is 6.70. The summed E-state index contributed by atoms with van der Waals surface area (Å²) in [5, 5.41) is 6.24. The SMILES string of the molecule is CCC1CCCC(NC(=O)CCCNC)C1. The van der Waals surface area contributed by atoms with E-state index in [-0.39, 0.29) is 5.91 Å². The molecule has 0 bridgehead atoms. The molecule has 94 valence electrons. The summed E-state index contributed by atoms with van der Waals surface area (Å²) in [7, 11) is 1.92. The predicted octanol–water partition coefficient (Wildman–Crippen LogP) is 2.07. The van der Waals surface area contributed by atoms with Crippen molar-refractivity contribution in [1.29, 1.82) is 0 Å². The lowest BCUT2D eigenvalue weighted by molar-refractivity contribution is -0.122. The number of hydrogen-bond donors (Lipinski definition) is 2. The molecule has 0 aromatic rings. The van der Waals surface area contributed by atoms with E-state index >= 15 is 0 Å². The fraction of sp³-hybridized carbons (Fsp3) is 0.923. The van der Waals surface area contributed by atoms with E-state index in [2.05, 4.69) is 17.6 Å². The Hall–Kier alpha value is -0.570. The van der Waals surface area contributed by atoms with Crippen molar-refractivity contribution in [2.75, 3.05) is 13.6 Å². The molecule has 0 saturated heterocycles. The fourth-order valence-electron chi connectivity index (χ4n) is 2.52. The molecule has 0 radical (unpaired) electrons. The molecule has 0 heterocycles. The third-order valence-electron chi connectivity index (χ3n) is 3.56. The van der Waals surface area contributed by atoms with Crippen LogP contribution in [0.25, 0.3) is 0 Å². The summed E-state index contributed by atoms with van der Waals surface area (Å²) >= 11 is 0. The Morgan fingerprint density at radius 3 is 2.88 bits per heavy atom. The van der Waals surface area contributed by atoms with Crippen molar-refractivity contribution in [3.05, 3.63) is 0 Å². The largest absolute Gasteiger partial charge is 0.353 e. The first-order valence-electron chi connectivity index (χ1n) is 6.70. The topological polar surface area (TPSA) is 41.1 Å². The third-order valence-corrected chi connectivity index (χ3v) is 3.56. The molecule has 0 aromatic heterocycles. The number of carbonyl (C=O) groups excluding carboxylic acids is 1. The van der Waals surface area contributed by atoms with Crippen molar-refractivity contribution < 1.29 is 4.79 Å². The van der Waals surface area contributed by atoms with Crippen LogP contribution in [0.3, 0.4) is 0 Å². The number of carbonyl (C=O) groups is 1. The van der Waals surface area contributed by atoms with Gasteiger partial charge in [0, 0.05) is 12.5 Å². The van der Waals surface area contributed by atoms with E-state index in [9.17, 15) is 4.79 Å². The van der Waals surface area contributed by atoms with Gasteiger partial charge in [-0.3, -0.25) is 4.79 Å². The minimum Gasteiger partial charge on any atom is -0.353 e. The van der Waals surface area contributed by atoms with Crippen LogP contribution in [0.4, 0.5) is 0 Å². The lowest BCUT2D eigenvalue weighted by Crippen LogP contribution is -2.38. The minimum absolute atomic E-state index is 0.233. The molecular formula is C13H26N2O. The molecule has 0 aliphatic heterocycles. The van der Waals surface area contributed by atoms with Crippen LogP contribution in [-0.2, 0) is 4.79 Å². The monoisotopic (exact) mass is 226 g/mol. The molecule has 1 rings (SSSR count). The van der Waals surface area contributed by atoms with Crippen molar-refractivity contribution in [1.82, 2.24) is 10.6 Å². The second-order valence-electron chi connectivity index (χ2n) is 4.91. The van der Waals surface area contributed by atoms with Crippen molar-refractivity contribution in [3.8, 4) is 0 Å². The van der Waals surface area contributed by atoms with Gasteiger partial charge in [0.2, 0.25) is 5.91 Å². The molecule has 0 spiro atoms. The summed E-state index contributed by atoms with van der Waals surface area (Å²) in [5.41, 5.74) is 0. The first-order chi connectivity index (χ1) is 7.76. The van der Waals surface area contributed by atoms with E-state index in [1.807, 2.05) is 7.05 Å². The van der Waals surface area contributed by atoms with Crippen molar-refractivity contribution in [3.63, 3.8) is 0 Å². The van der Waals surface area contributed by atoms with E-state index < -0.39 is 0 Å². The van der Waals surface area contributed by atoms with Gasteiger partial charge in [0.25, 0.3) is 0 Å². The highest BCUT2D eigenvalue weighted by atomic mass is 16.1. The maximum atomic E-state index is 11.6. The highest BCUT2D eigenvalue weighted by molar-refractivity contribution is 5.76. The highest BCUT2D eigenvalue weighted by Gasteiger charge is 2.21. The molecule has 1 aliphatic rings. The van der Waals surface area contributed by atoms with E-state index in [1.54, 1.807) is 0 Å². The lowest BCUT2D eigenvalue weighted by atomic mass is 9.84. The average molecular weight is 226 g/mol. The van der Waals surface area contributed by atoms with Gasteiger partial charge >= 0.3 is 0 Å². The van der Waals surface area contributed by atoms with Crippen LogP contribution in [-0.4, -0.2) is 25.5 Å². The molecule has 1 saturated carbocycles. The summed E-state index contributed by atoms with van der Waals surface area (Å²) < 4.78 is 0. The van der Waals surface area contributed by atoms with Gasteiger partial charge in [-0.25, -0.2) is 0 Å². The van der Waals surface area contributed by atoms with Gasteiger partial charge in [0.15, 0.2) is 0 Å². The highest BCUT2D eigenvalue weighted by Crippen LogP contribution is 2.26. The Morgan fingerprint density at radius 2 is 2.19 bits per heavy atom. The van der Waals surface area contributed by atoms with Crippen molar-refractivity contribution in [2.45, 2.75) is 57.9 Å². The third kappa shape index (κ3) is 4.97. The summed E-state index contributed by atoms with van der Waals surface area (Å²) in [6.45, 7) is 3.18. The van der Waals surface area contributed by atoms with Gasteiger partial charge in [-0.1, -0.05) is 26.2 Å². The maximum absolute atomic E-state index is 11.6. The smallest absolute Gasteiger partial charge is 0.220 e. The summed E-state index contributed by atoms with van der Waals surface area (Å²) in [4.78, 5) is 11.6. The summed E-state index contributed by atoms with van der Waals surface area (Å²) in [6, 6.07) is 0.445. The van der Waals surface area contributed by atoms with Crippen LogP contribution in [0.1, 0.15) is 51.9 Å². The zero-order chi connectivity index (χ0) is 11.8. The number of nitrogens with one attached hydrogen (secondary N) is 2. The Bertz CT molecular complexity index is 206. The number of rotatable bonds is 6. The zero-order valence-corrected chi connectivity index (χ0v) is 10.7. The molecule has 1 amide bonds. The van der Waals surface area contributed by atoms with Gasteiger partial charge in [-0.05, 0) is 38.8 Å². The minimum atomic E-state index is 0.233. The Balaban J connectivity index is 2.17. The molecule has 2 unspecified atom stereocenters. The predicted molar refractivity (Wildman–Crippen MR) is 67.3 cm³/mol. The first kappa shape index (κ1) is 13.5. The van der Waals surface area contributed by atoms with Gasteiger partial charge < -0.3 is 10.6 Å². The van der Waals surface area contributed by atoms with Gasteiger partial charge in [-0.2, -0.15) is 0 Å². The number of hydrogen-bond acceptors (Lipinski definition) is 2. The molecular weight excluding hydrogens is 200 g/mol. The molecule has 16 heavy (non-hydrogen) atoms. The van der Waals surface area contributed by atoms with Crippen molar-refractivity contribution in [2.24, 2.45) is 5.92 Å². The molecule has 2 atom stereocenters. The molecule has 1 aliphatic carbocycles. The van der Waals surface area contributed by atoms with Crippen LogP contribution in [0.15, 0.2) is 0 Å².